The Labute approximate surface area is 104 Å². The Morgan fingerprint density at radius 3 is 2.47 bits per heavy atom. The topological polar surface area (TPSA) is 30.5 Å². The number of para-hydroxylation sites is 1. The van der Waals surface area contributed by atoms with Crippen molar-refractivity contribution >= 4 is 0 Å². The van der Waals surface area contributed by atoms with Gasteiger partial charge in [0.25, 0.3) is 0 Å². The fourth-order valence-corrected chi connectivity index (χ4v) is 1.52. The van der Waals surface area contributed by atoms with Crippen molar-refractivity contribution in [1.82, 2.24) is 5.48 Å². The molecule has 1 aromatic rings. The van der Waals surface area contributed by atoms with E-state index in [1.54, 1.807) is 7.11 Å². The third-order valence-electron chi connectivity index (χ3n) is 2.28. The first-order valence-corrected chi connectivity index (χ1v) is 5.98. The maximum absolute atomic E-state index is 5.55. The van der Waals surface area contributed by atoms with E-state index in [0.29, 0.717) is 0 Å². The number of ether oxygens (including phenoxy) is 1. The van der Waals surface area contributed by atoms with Crippen molar-refractivity contribution in [3.05, 3.63) is 29.8 Å². The van der Waals surface area contributed by atoms with Gasteiger partial charge in [-0.1, -0.05) is 18.2 Å². The molecule has 0 aliphatic carbocycles. The summed E-state index contributed by atoms with van der Waals surface area (Å²) >= 11 is 0. The van der Waals surface area contributed by atoms with Crippen molar-refractivity contribution in [2.24, 2.45) is 0 Å². The normalized spacial score (nSPS) is 13.5. The van der Waals surface area contributed by atoms with Crippen LogP contribution in [0.2, 0.25) is 0 Å². The fourth-order valence-electron chi connectivity index (χ4n) is 1.52. The van der Waals surface area contributed by atoms with Crippen molar-refractivity contribution in [3.8, 4) is 5.75 Å². The van der Waals surface area contributed by atoms with Crippen molar-refractivity contribution in [3.63, 3.8) is 0 Å². The molecule has 0 bridgehead atoms. The minimum atomic E-state index is -0.172. The smallest absolute Gasteiger partial charge is 0.122 e. The molecule has 0 fully saturated rings. The maximum atomic E-state index is 5.55. The Hall–Kier alpha value is -1.06. The van der Waals surface area contributed by atoms with Crippen LogP contribution in [0.15, 0.2) is 24.3 Å². The minimum absolute atomic E-state index is 0.172. The van der Waals surface area contributed by atoms with Gasteiger partial charge in [-0.05, 0) is 45.7 Å². The Bertz CT molecular complexity index is 344. The molecule has 3 nitrogen and oxygen atoms in total. The lowest BCUT2D eigenvalue weighted by molar-refractivity contribution is -0.0858. The predicted octanol–water partition coefficient (Wildman–Crippen LogP) is 2.95. The van der Waals surface area contributed by atoms with E-state index in [0.717, 1.165) is 12.2 Å². The van der Waals surface area contributed by atoms with Gasteiger partial charge in [-0.3, -0.25) is 4.84 Å². The van der Waals surface area contributed by atoms with Crippen molar-refractivity contribution in [1.29, 1.82) is 0 Å². The zero-order valence-corrected chi connectivity index (χ0v) is 11.4. The van der Waals surface area contributed by atoms with Gasteiger partial charge in [-0.25, -0.2) is 0 Å². The van der Waals surface area contributed by atoms with Gasteiger partial charge in [0, 0.05) is 6.04 Å². The number of nitrogens with one attached hydrogen (secondary N) is 1. The number of benzene rings is 1. The summed E-state index contributed by atoms with van der Waals surface area (Å²) in [6.07, 6.45) is 0.875. The van der Waals surface area contributed by atoms with E-state index in [2.05, 4.69) is 18.5 Å². The number of methoxy groups -OCH3 is 1. The highest BCUT2D eigenvalue weighted by molar-refractivity contribution is 5.33. The summed E-state index contributed by atoms with van der Waals surface area (Å²) in [5.41, 5.74) is 4.08. The van der Waals surface area contributed by atoms with E-state index in [4.69, 9.17) is 9.57 Å². The molecule has 1 aromatic carbocycles. The molecule has 96 valence electrons. The summed E-state index contributed by atoms with van der Waals surface area (Å²) in [6, 6.07) is 8.30. The van der Waals surface area contributed by atoms with E-state index in [1.807, 2.05) is 39.0 Å². The Balaban J connectivity index is 2.53. The number of hydrogen-bond acceptors (Lipinski definition) is 3. The molecule has 1 N–H and O–H groups in total. The van der Waals surface area contributed by atoms with Crippen LogP contribution in [-0.2, 0) is 11.3 Å². The molecule has 0 saturated heterocycles. The Morgan fingerprint density at radius 1 is 1.24 bits per heavy atom. The van der Waals surface area contributed by atoms with Crippen molar-refractivity contribution in [2.45, 2.75) is 45.8 Å². The lowest BCUT2D eigenvalue weighted by atomic mass is 10.1. The van der Waals surface area contributed by atoms with Gasteiger partial charge >= 0.3 is 0 Å². The van der Waals surface area contributed by atoms with Crippen LogP contribution in [0.5, 0.6) is 5.75 Å². The van der Waals surface area contributed by atoms with Crippen LogP contribution in [0.25, 0.3) is 0 Å². The van der Waals surface area contributed by atoms with E-state index in [9.17, 15) is 0 Å². The molecule has 1 rings (SSSR count). The van der Waals surface area contributed by atoms with Gasteiger partial charge in [0.05, 0.1) is 12.7 Å². The van der Waals surface area contributed by atoms with E-state index in [1.165, 1.54) is 5.56 Å². The molecule has 0 saturated carbocycles. The largest absolute Gasteiger partial charge is 0.496 e. The molecule has 0 aromatic heterocycles. The zero-order chi connectivity index (χ0) is 12.9. The third kappa shape index (κ3) is 5.20. The first-order chi connectivity index (χ1) is 7.92. The van der Waals surface area contributed by atoms with Crippen LogP contribution in [0.3, 0.4) is 0 Å². The van der Waals surface area contributed by atoms with Crippen LogP contribution in [0.4, 0.5) is 0 Å². The second-order valence-corrected chi connectivity index (χ2v) is 5.25. The summed E-state index contributed by atoms with van der Waals surface area (Å²) in [5, 5.41) is 0. The fraction of sp³-hybridized carbons (Fsp3) is 0.571. The van der Waals surface area contributed by atoms with Gasteiger partial charge < -0.3 is 4.74 Å². The molecular weight excluding hydrogens is 214 g/mol. The summed E-state index contributed by atoms with van der Waals surface area (Å²) in [7, 11) is 1.70. The second kappa shape index (κ2) is 6.03. The molecule has 0 aliphatic heterocycles. The first-order valence-electron chi connectivity index (χ1n) is 5.98. The third-order valence-corrected chi connectivity index (χ3v) is 2.28. The molecule has 17 heavy (non-hydrogen) atoms. The SMILES string of the molecule is COc1ccccc1CC(C)NOC(C)(C)C. The Morgan fingerprint density at radius 2 is 1.88 bits per heavy atom. The molecule has 0 heterocycles. The van der Waals surface area contributed by atoms with Crippen LogP contribution >= 0.6 is 0 Å². The standard InChI is InChI=1S/C14H23NO2/c1-11(15-17-14(2,3)4)10-12-8-6-7-9-13(12)16-5/h6-9,11,15H,10H2,1-5H3. The van der Waals surface area contributed by atoms with Gasteiger partial charge in [-0.2, -0.15) is 5.48 Å². The highest BCUT2D eigenvalue weighted by Crippen LogP contribution is 2.19. The number of hydroxylamine groups is 1. The summed E-state index contributed by atoms with van der Waals surface area (Å²) in [6.45, 7) is 8.17. The first kappa shape index (κ1) is 14.0. The molecule has 1 atom stereocenters. The monoisotopic (exact) mass is 237 g/mol. The van der Waals surface area contributed by atoms with Crippen molar-refractivity contribution in [2.75, 3.05) is 7.11 Å². The molecule has 3 heteroatoms. The van der Waals surface area contributed by atoms with Gasteiger partial charge in [-0.15, -0.1) is 0 Å². The predicted molar refractivity (Wildman–Crippen MR) is 70.1 cm³/mol. The van der Waals surface area contributed by atoms with Crippen LogP contribution < -0.4 is 10.2 Å². The van der Waals surface area contributed by atoms with Gasteiger partial charge in [0.1, 0.15) is 5.75 Å². The quantitative estimate of drug-likeness (QED) is 0.799. The highest BCUT2D eigenvalue weighted by Gasteiger charge is 2.13. The van der Waals surface area contributed by atoms with Crippen molar-refractivity contribution < 1.29 is 9.57 Å². The maximum Gasteiger partial charge on any atom is 0.122 e. The van der Waals surface area contributed by atoms with E-state index < -0.39 is 0 Å². The van der Waals surface area contributed by atoms with Gasteiger partial charge in [0.2, 0.25) is 0 Å². The summed E-state index contributed by atoms with van der Waals surface area (Å²) in [5.74, 6) is 0.928. The van der Waals surface area contributed by atoms with Gasteiger partial charge in [0.15, 0.2) is 0 Å². The molecule has 1 unspecified atom stereocenters. The average molecular weight is 237 g/mol. The van der Waals surface area contributed by atoms with Crippen LogP contribution in [0.1, 0.15) is 33.3 Å². The molecule has 0 aliphatic rings. The molecule has 0 radical (unpaired) electrons. The zero-order valence-electron chi connectivity index (χ0n) is 11.4. The average Bonchev–Trinajstić information content (AvgIpc) is 2.26. The summed E-state index contributed by atoms with van der Waals surface area (Å²) < 4.78 is 5.32. The number of hydrogen-bond donors (Lipinski definition) is 1. The second-order valence-electron chi connectivity index (χ2n) is 5.25. The van der Waals surface area contributed by atoms with E-state index >= 15 is 0 Å². The summed E-state index contributed by atoms with van der Waals surface area (Å²) in [4.78, 5) is 5.55. The minimum Gasteiger partial charge on any atom is -0.496 e. The van der Waals surface area contributed by atoms with Crippen LogP contribution in [-0.4, -0.2) is 18.8 Å². The van der Waals surface area contributed by atoms with Crippen LogP contribution in [0, 0.1) is 0 Å². The lowest BCUT2D eigenvalue weighted by Crippen LogP contribution is -2.36. The highest BCUT2D eigenvalue weighted by atomic mass is 16.7. The van der Waals surface area contributed by atoms with E-state index in [-0.39, 0.29) is 11.6 Å². The number of rotatable bonds is 5. The molecule has 0 spiro atoms. The molecule has 0 amide bonds. The lowest BCUT2D eigenvalue weighted by Gasteiger charge is -2.23. The molecular formula is C14H23NO2. The Kier molecular flexibility index (Phi) is 4.97.